The molecule has 1 aliphatic rings. The molecule has 27 heavy (non-hydrogen) atoms. The molecular weight excluding hydrogens is 347 g/mol. The number of pyridine rings is 1. The molecule has 6 nitrogen and oxygen atoms in total. The van der Waals surface area contributed by atoms with Crippen LogP contribution in [-0.4, -0.2) is 50.6 Å². The highest BCUT2D eigenvalue weighted by Gasteiger charge is 2.26. The molecule has 2 amide bonds. The molecule has 0 saturated carbocycles. The van der Waals surface area contributed by atoms with Gasteiger partial charge in [0.1, 0.15) is 17.2 Å². The van der Waals surface area contributed by atoms with Crippen molar-refractivity contribution in [2.75, 3.05) is 19.6 Å². The number of nitrogens with zero attached hydrogens (tertiary/aromatic N) is 4. The summed E-state index contributed by atoms with van der Waals surface area (Å²) in [6.07, 6.45) is 3.79. The van der Waals surface area contributed by atoms with Crippen LogP contribution in [-0.2, 0) is 11.3 Å². The largest absolute Gasteiger partial charge is 0.337 e. The van der Waals surface area contributed by atoms with E-state index in [-0.39, 0.29) is 24.1 Å². The number of rotatable bonds is 3. The third kappa shape index (κ3) is 3.67. The molecule has 0 bridgehead atoms. The Labute approximate surface area is 155 Å². The van der Waals surface area contributed by atoms with Crippen molar-refractivity contribution in [1.29, 1.82) is 0 Å². The second-order valence-corrected chi connectivity index (χ2v) is 6.58. The average molecular weight is 366 g/mol. The van der Waals surface area contributed by atoms with Gasteiger partial charge in [-0.1, -0.05) is 18.2 Å². The van der Waals surface area contributed by atoms with Crippen LogP contribution in [0.3, 0.4) is 0 Å². The molecule has 0 N–H and O–H groups in total. The smallest absolute Gasteiger partial charge is 0.274 e. The van der Waals surface area contributed by atoms with E-state index in [1.165, 1.54) is 12.1 Å². The van der Waals surface area contributed by atoms with Crippen LogP contribution in [0.15, 0.2) is 54.9 Å². The summed E-state index contributed by atoms with van der Waals surface area (Å²) >= 11 is 0. The number of imidazole rings is 1. The number of aromatic nitrogens is 2. The zero-order valence-electron chi connectivity index (χ0n) is 14.7. The van der Waals surface area contributed by atoms with E-state index in [4.69, 9.17) is 0 Å². The molecule has 3 aromatic rings. The van der Waals surface area contributed by atoms with Crippen molar-refractivity contribution in [1.82, 2.24) is 19.2 Å². The van der Waals surface area contributed by atoms with Gasteiger partial charge < -0.3 is 14.2 Å². The number of fused-ring (bicyclic) bond motifs is 1. The topological polar surface area (TPSA) is 57.9 Å². The molecule has 1 aliphatic heterocycles. The van der Waals surface area contributed by atoms with Crippen molar-refractivity contribution in [3.05, 3.63) is 71.9 Å². The highest BCUT2D eigenvalue weighted by atomic mass is 19.1. The van der Waals surface area contributed by atoms with Gasteiger partial charge in [0.2, 0.25) is 5.91 Å². The second-order valence-electron chi connectivity index (χ2n) is 6.58. The maximum Gasteiger partial charge on any atom is 0.274 e. The number of hydrogen-bond acceptors (Lipinski definition) is 3. The number of carbonyl (C=O) groups excluding carboxylic acids is 2. The lowest BCUT2D eigenvalue weighted by Crippen LogP contribution is -2.35. The van der Waals surface area contributed by atoms with Crippen molar-refractivity contribution in [2.24, 2.45) is 0 Å². The van der Waals surface area contributed by atoms with Crippen LogP contribution in [0.1, 0.15) is 22.5 Å². The first kappa shape index (κ1) is 17.2. The van der Waals surface area contributed by atoms with Crippen molar-refractivity contribution >= 4 is 17.5 Å². The Morgan fingerprint density at radius 3 is 2.81 bits per heavy atom. The van der Waals surface area contributed by atoms with Gasteiger partial charge in [-0.2, -0.15) is 0 Å². The Kier molecular flexibility index (Phi) is 4.58. The van der Waals surface area contributed by atoms with Crippen LogP contribution >= 0.6 is 0 Å². The molecule has 3 heterocycles. The predicted molar refractivity (Wildman–Crippen MR) is 97.5 cm³/mol. The second kappa shape index (κ2) is 7.19. The summed E-state index contributed by atoms with van der Waals surface area (Å²) in [6.45, 7) is 1.53. The Balaban J connectivity index is 1.46. The molecule has 4 rings (SSSR count). The van der Waals surface area contributed by atoms with Crippen molar-refractivity contribution in [3.63, 3.8) is 0 Å². The third-order valence-electron chi connectivity index (χ3n) is 4.72. The lowest BCUT2D eigenvalue weighted by molar-refractivity contribution is -0.130. The van der Waals surface area contributed by atoms with E-state index in [2.05, 4.69) is 4.98 Å². The zero-order valence-corrected chi connectivity index (χ0v) is 14.7. The van der Waals surface area contributed by atoms with Crippen LogP contribution in [0.2, 0.25) is 0 Å². The number of hydrogen-bond donors (Lipinski definition) is 0. The molecular formula is C20H19FN4O2. The lowest BCUT2D eigenvalue weighted by atomic mass is 10.2. The summed E-state index contributed by atoms with van der Waals surface area (Å²) in [5.74, 6) is -0.540. The van der Waals surface area contributed by atoms with Gasteiger partial charge in [-0.3, -0.25) is 9.59 Å². The Hall–Kier alpha value is -3.22. The maximum absolute atomic E-state index is 13.4. The van der Waals surface area contributed by atoms with Gasteiger partial charge >= 0.3 is 0 Å². The molecule has 1 fully saturated rings. The third-order valence-corrected chi connectivity index (χ3v) is 4.72. The van der Waals surface area contributed by atoms with Crippen molar-refractivity contribution < 1.29 is 14.0 Å². The normalized spacial score (nSPS) is 15.2. The fourth-order valence-electron chi connectivity index (χ4n) is 3.29. The standard InChI is InChI=1S/C20H19FN4O2/c21-16-5-3-4-15(12-16)13-25-11-10-23(9-7-19(25)26)20(27)17-14-24-8-2-1-6-18(24)22-17/h1-6,8,12,14H,7,9-11,13H2. The Bertz CT molecular complexity index is 967. The van der Waals surface area contributed by atoms with E-state index < -0.39 is 0 Å². The predicted octanol–water partition coefficient (Wildman–Crippen LogP) is 2.35. The highest BCUT2D eigenvalue weighted by molar-refractivity contribution is 5.93. The SMILES string of the molecule is O=C1CCN(C(=O)c2cn3ccccc3n2)CCN1Cc1cccc(F)c1. The van der Waals surface area contributed by atoms with E-state index >= 15 is 0 Å². The molecule has 0 unspecified atom stereocenters. The van der Waals surface area contributed by atoms with Gasteiger partial charge in [-0.25, -0.2) is 9.37 Å². The summed E-state index contributed by atoms with van der Waals surface area (Å²) in [7, 11) is 0. The molecule has 1 aromatic carbocycles. The van der Waals surface area contributed by atoms with Crippen molar-refractivity contribution in [3.8, 4) is 0 Å². The Morgan fingerprint density at radius 1 is 1.11 bits per heavy atom. The van der Waals surface area contributed by atoms with E-state index in [0.29, 0.717) is 37.5 Å². The maximum atomic E-state index is 13.4. The van der Waals surface area contributed by atoms with Crippen molar-refractivity contribution in [2.45, 2.75) is 13.0 Å². The fourth-order valence-corrected chi connectivity index (χ4v) is 3.29. The number of benzene rings is 1. The minimum Gasteiger partial charge on any atom is -0.337 e. The summed E-state index contributed by atoms with van der Waals surface area (Å²) < 4.78 is 15.2. The van der Waals surface area contributed by atoms with E-state index in [0.717, 1.165) is 5.56 Å². The monoisotopic (exact) mass is 366 g/mol. The molecule has 0 aliphatic carbocycles. The first-order valence-corrected chi connectivity index (χ1v) is 8.85. The number of carbonyl (C=O) groups is 2. The molecule has 0 spiro atoms. The summed E-state index contributed by atoms with van der Waals surface area (Å²) in [4.78, 5) is 32.9. The molecule has 0 atom stereocenters. The number of halogens is 1. The fraction of sp³-hybridized carbons (Fsp3) is 0.250. The summed E-state index contributed by atoms with van der Waals surface area (Å²) in [5, 5.41) is 0. The van der Waals surface area contributed by atoms with Crippen LogP contribution < -0.4 is 0 Å². The minimum atomic E-state index is -0.321. The minimum absolute atomic E-state index is 0.0374. The molecule has 7 heteroatoms. The van der Waals surface area contributed by atoms with Gasteiger partial charge in [-0.15, -0.1) is 0 Å². The van der Waals surface area contributed by atoms with E-state index in [1.807, 2.05) is 24.4 Å². The van der Waals surface area contributed by atoms with Gasteiger partial charge in [0.15, 0.2) is 0 Å². The number of amides is 2. The highest BCUT2D eigenvalue weighted by Crippen LogP contribution is 2.14. The average Bonchev–Trinajstić information content (AvgIpc) is 3.02. The van der Waals surface area contributed by atoms with Crippen LogP contribution in [0, 0.1) is 5.82 Å². The Morgan fingerprint density at radius 2 is 2.00 bits per heavy atom. The van der Waals surface area contributed by atoms with E-state index in [1.54, 1.807) is 32.5 Å². The van der Waals surface area contributed by atoms with Gasteiger partial charge in [0.25, 0.3) is 5.91 Å². The summed E-state index contributed by atoms with van der Waals surface area (Å²) in [5.41, 5.74) is 1.81. The first-order chi connectivity index (χ1) is 13.1. The quantitative estimate of drug-likeness (QED) is 0.715. The van der Waals surface area contributed by atoms with E-state index in [9.17, 15) is 14.0 Å². The lowest BCUT2D eigenvalue weighted by Gasteiger charge is -2.22. The zero-order chi connectivity index (χ0) is 18.8. The van der Waals surface area contributed by atoms with Gasteiger partial charge in [0.05, 0.1) is 0 Å². The molecule has 2 aromatic heterocycles. The van der Waals surface area contributed by atoms with Gasteiger partial charge in [0, 0.05) is 45.0 Å². The molecule has 0 radical (unpaired) electrons. The molecule has 138 valence electrons. The molecule has 1 saturated heterocycles. The van der Waals surface area contributed by atoms with Crippen LogP contribution in [0.25, 0.3) is 5.65 Å². The first-order valence-electron chi connectivity index (χ1n) is 8.85. The van der Waals surface area contributed by atoms with Gasteiger partial charge in [-0.05, 0) is 29.8 Å². The summed E-state index contributed by atoms with van der Waals surface area (Å²) in [6, 6.07) is 11.8. The van der Waals surface area contributed by atoms with Crippen LogP contribution in [0.4, 0.5) is 4.39 Å². The van der Waals surface area contributed by atoms with Crippen LogP contribution in [0.5, 0.6) is 0 Å².